The minimum Gasteiger partial charge on any atom is -0.478 e. The predicted octanol–water partition coefficient (Wildman–Crippen LogP) is 1.11. The number of nitrogens with two attached hydrogens (primary N) is 1. The lowest BCUT2D eigenvalue weighted by Crippen LogP contribution is -2.16. The van der Waals surface area contributed by atoms with Crippen LogP contribution in [0, 0.1) is 0 Å². The molecular formula is C10H12BrNO4S. The highest BCUT2D eigenvalue weighted by molar-refractivity contribution is 9.09. The van der Waals surface area contributed by atoms with Crippen molar-refractivity contribution < 1.29 is 18.3 Å². The number of alkyl halides is 1. The molecule has 0 bridgehead atoms. The van der Waals surface area contributed by atoms with E-state index in [0.29, 0.717) is 17.3 Å². The van der Waals surface area contributed by atoms with Gasteiger partial charge in [0.25, 0.3) is 0 Å². The van der Waals surface area contributed by atoms with E-state index in [1.54, 1.807) is 6.07 Å². The van der Waals surface area contributed by atoms with Crippen molar-refractivity contribution in [2.45, 2.75) is 12.2 Å². The number of hydrogen-bond donors (Lipinski definition) is 2. The van der Waals surface area contributed by atoms with E-state index in [-0.39, 0.29) is 11.3 Å². The molecule has 7 heteroatoms. The first-order valence-corrected chi connectivity index (χ1v) is 7.58. The lowest BCUT2D eigenvalue weighted by atomic mass is 10.0. The Labute approximate surface area is 108 Å². The molecule has 0 saturated carbocycles. The summed E-state index contributed by atoms with van der Waals surface area (Å²) in [5, 5.41) is 14.5. The van der Waals surface area contributed by atoms with Crippen molar-refractivity contribution in [1.82, 2.24) is 0 Å². The van der Waals surface area contributed by atoms with Crippen LogP contribution in [-0.4, -0.2) is 24.8 Å². The van der Waals surface area contributed by atoms with Crippen molar-refractivity contribution in [3.63, 3.8) is 0 Å². The topological polar surface area (TPSA) is 97.5 Å². The highest BCUT2D eigenvalue weighted by Gasteiger charge is 2.12. The summed E-state index contributed by atoms with van der Waals surface area (Å²) in [5.74, 6) is -1.44. The van der Waals surface area contributed by atoms with Crippen LogP contribution in [0.5, 0.6) is 0 Å². The molecule has 0 fully saturated rings. The van der Waals surface area contributed by atoms with E-state index in [2.05, 4.69) is 15.9 Å². The number of halogens is 1. The smallest absolute Gasteiger partial charge is 0.335 e. The van der Waals surface area contributed by atoms with Gasteiger partial charge in [0.1, 0.15) is 0 Å². The third kappa shape index (κ3) is 4.45. The Balaban J connectivity index is 3.20. The van der Waals surface area contributed by atoms with Crippen molar-refractivity contribution in [2.75, 3.05) is 5.33 Å². The van der Waals surface area contributed by atoms with Crippen LogP contribution >= 0.6 is 15.9 Å². The third-order valence-electron chi connectivity index (χ3n) is 2.17. The number of aromatic carboxylic acids is 1. The number of rotatable bonds is 5. The Morgan fingerprint density at radius 1 is 1.35 bits per heavy atom. The number of carboxylic acid groups (broad SMARTS) is 1. The minimum atomic E-state index is -3.67. The van der Waals surface area contributed by atoms with Gasteiger partial charge in [-0.05, 0) is 29.7 Å². The van der Waals surface area contributed by atoms with Crippen LogP contribution in [0.25, 0.3) is 0 Å². The lowest BCUT2D eigenvalue weighted by molar-refractivity contribution is 0.0696. The summed E-state index contributed by atoms with van der Waals surface area (Å²) < 4.78 is 22.1. The summed E-state index contributed by atoms with van der Waals surface area (Å²) in [4.78, 5) is 10.8. The van der Waals surface area contributed by atoms with E-state index in [1.807, 2.05) is 0 Å². The molecule has 0 aromatic heterocycles. The first-order valence-electron chi connectivity index (χ1n) is 4.75. The molecule has 1 rings (SSSR count). The molecule has 0 amide bonds. The Hall–Kier alpha value is -0.920. The maximum atomic E-state index is 11.1. The fourth-order valence-corrected chi connectivity index (χ4v) is 2.59. The highest BCUT2D eigenvalue weighted by atomic mass is 79.9. The SMILES string of the molecule is NS(=O)(=O)Cc1cc(C(=O)O)ccc1CCBr. The van der Waals surface area contributed by atoms with E-state index in [0.717, 1.165) is 5.56 Å². The zero-order chi connectivity index (χ0) is 13.1. The molecule has 94 valence electrons. The van der Waals surface area contributed by atoms with E-state index in [4.69, 9.17) is 10.2 Å². The molecule has 0 aliphatic rings. The number of benzene rings is 1. The van der Waals surface area contributed by atoms with Crippen LogP contribution in [0.1, 0.15) is 21.5 Å². The number of carbonyl (C=O) groups is 1. The highest BCUT2D eigenvalue weighted by Crippen LogP contribution is 2.16. The standard InChI is InChI=1S/C10H12BrNO4S/c11-4-3-7-1-2-8(10(13)14)5-9(7)6-17(12,15)16/h1-2,5H,3-4,6H2,(H,13,14)(H2,12,15,16). The summed E-state index contributed by atoms with van der Waals surface area (Å²) in [5.41, 5.74) is 1.27. The van der Waals surface area contributed by atoms with Crippen LogP contribution in [0.4, 0.5) is 0 Å². The summed E-state index contributed by atoms with van der Waals surface area (Å²) in [6.45, 7) is 0. The van der Waals surface area contributed by atoms with E-state index in [9.17, 15) is 13.2 Å². The number of carboxylic acids is 1. The van der Waals surface area contributed by atoms with Gasteiger partial charge in [0.2, 0.25) is 10.0 Å². The molecule has 0 radical (unpaired) electrons. The van der Waals surface area contributed by atoms with Crippen molar-refractivity contribution in [2.24, 2.45) is 5.14 Å². The zero-order valence-electron chi connectivity index (χ0n) is 8.89. The predicted molar refractivity (Wildman–Crippen MR) is 67.7 cm³/mol. The second kappa shape index (κ2) is 5.61. The van der Waals surface area contributed by atoms with Crippen LogP contribution in [-0.2, 0) is 22.2 Å². The average molecular weight is 322 g/mol. The maximum absolute atomic E-state index is 11.1. The summed E-state index contributed by atoms with van der Waals surface area (Å²) in [6.07, 6.45) is 0.616. The van der Waals surface area contributed by atoms with Crippen molar-refractivity contribution in [1.29, 1.82) is 0 Å². The molecule has 0 aliphatic carbocycles. The van der Waals surface area contributed by atoms with Gasteiger partial charge in [-0.15, -0.1) is 0 Å². The number of hydrogen-bond acceptors (Lipinski definition) is 3. The molecule has 0 aliphatic heterocycles. The number of primary sulfonamides is 1. The van der Waals surface area contributed by atoms with Gasteiger partial charge in [-0.2, -0.15) is 0 Å². The van der Waals surface area contributed by atoms with E-state index < -0.39 is 16.0 Å². The number of sulfonamides is 1. The molecule has 1 aromatic carbocycles. The Morgan fingerprint density at radius 2 is 2.00 bits per heavy atom. The lowest BCUT2D eigenvalue weighted by Gasteiger charge is -2.08. The largest absolute Gasteiger partial charge is 0.478 e. The zero-order valence-corrected chi connectivity index (χ0v) is 11.3. The van der Waals surface area contributed by atoms with Crippen LogP contribution in [0.3, 0.4) is 0 Å². The summed E-state index contributed by atoms with van der Waals surface area (Å²) in [6, 6.07) is 4.42. The Bertz CT molecular complexity index is 527. The molecule has 0 heterocycles. The first-order chi connectivity index (χ1) is 7.83. The molecular weight excluding hydrogens is 310 g/mol. The monoisotopic (exact) mass is 321 g/mol. The van der Waals surface area contributed by atoms with Crippen molar-refractivity contribution in [3.05, 3.63) is 34.9 Å². The summed E-state index contributed by atoms with van der Waals surface area (Å²) >= 11 is 3.25. The van der Waals surface area contributed by atoms with Crippen LogP contribution in [0.2, 0.25) is 0 Å². The molecule has 0 saturated heterocycles. The number of aryl methyl sites for hydroxylation is 1. The van der Waals surface area contributed by atoms with E-state index >= 15 is 0 Å². The molecule has 5 nitrogen and oxygen atoms in total. The van der Waals surface area contributed by atoms with Gasteiger partial charge in [0.15, 0.2) is 0 Å². The quantitative estimate of drug-likeness (QED) is 0.794. The van der Waals surface area contributed by atoms with Gasteiger partial charge in [-0.1, -0.05) is 22.0 Å². The van der Waals surface area contributed by atoms with Gasteiger partial charge in [-0.3, -0.25) is 0 Å². The molecule has 0 atom stereocenters. The average Bonchev–Trinajstić information content (AvgIpc) is 2.18. The fourth-order valence-electron chi connectivity index (χ4n) is 1.46. The first kappa shape index (κ1) is 14.1. The fraction of sp³-hybridized carbons (Fsp3) is 0.300. The van der Waals surface area contributed by atoms with Gasteiger partial charge >= 0.3 is 5.97 Å². The molecule has 3 N–H and O–H groups in total. The summed E-state index contributed by atoms with van der Waals surface area (Å²) in [7, 11) is -3.67. The molecule has 0 spiro atoms. The Morgan fingerprint density at radius 3 is 2.47 bits per heavy atom. The van der Waals surface area contributed by atoms with Gasteiger partial charge in [0, 0.05) is 5.33 Å². The van der Waals surface area contributed by atoms with Crippen molar-refractivity contribution in [3.8, 4) is 0 Å². The third-order valence-corrected chi connectivity index (χ3v) is 3.28. The van der Waals surface area contributed by atoms with E-state index in [1.165, 1.54) is 12.1 Å². The van der Waals surface area contributed by atoms with Gasteiger partial charge in [-0.25, -0.2) is 18.4 Å². The van der Waals surface area contributed by atoms with Crippen LogP contribution in [0.15, 0.2) is 18.2 Å². The van der Waals surface area contributed by atoms with Crippen LogP contribution < -0.4 is 5.14 Å². The maximum Gasteiger partial charge on any atom is 0.335 e. The molecule has 17 heavy (non-hydrogen) atoms. The minimum absolute atomic E-state index is 0.0574. The second-order valence-corrected chi connectivity index (χ2v) is 5.94. The molecule has 0 unspecified atom stereocenters. The molecule has 1 aromatic rings. The normalized spacial score (nSPS) is 11.4. The Kier molecular flexibility index (Phi) is 4.67. The van der Waals surface area contributed by atoms with Gasteiger partial charge in [0.05, 0.1) is 11.3 Å². The van der Waals surface area contributed by atoms with Crippen molar-refractivity contribution >= 4 is 31.9 Å². The van der Waals surface area contributed by atoms with Gasteiger partial charge < -0.3 is 5.11 Å². The second-order valence-electron chi connectivity index (χ2n) is 3.53.